The van der Waals surface area contributed by atoms with Crippen molar-refractivity contribution in [1.29, 1.82) is 0 Å². The molecule has 100 valence electrons. The molecule has 0 unspecified atom stereocenters. The van der Waals surface area contributed by atoms with Crippen LogP contribution in [0.4, 0.5) is 0 Å². The van der Waals surface area contributed by atoms with E-state index in [4.69, 9.17) is 0 Å². The smallest absolute Gasteiger partial charge is 0.158 e. The molecule has 3 aromatic rings. The first-order valence-electron chi connectivity index (χ1n) is 6.61. The average molecular weight is 265 g/mol. The van der Waals surface area contributed by atoms with Crippen LogP contribution in [0.3, 0.4) is 0 Å². The summed E-state index contributed by atoms with van der Waals surface area (Å²) >= 11 is 0. The van der Waals surface area contributed by atoms with Gasteiger partial charge in [-0.3, -0.25) is 4.79 Å². The highest BCUT2D eigenvalue weighted by molar-refractivity contribution is 5.75. The maximum atomic E-state index is 10.9. The van der Waals surface area contributed by atoms with Crippen LogP contribution in [0.2, 0.25) is 0 Å². The van der Waals surface area contributed by atoms with E-state index in [0.29, 0.717) is 5.56 Å². The minimum atomic E-state index is 0.620. The summed E-state index contributed by atoms with van der Waals surface area (Å²) in [5.41, 5.74) is 3.68. The number of carbonyl (C=O) groups is 1. The number of aromatic nitrogens is 3. The van der Waals surface area contributed by atoms with E-state index >= 15 is 0 Å². The molecule has 0 aliphatic carbocycles. The number of pyridine rings is 1. The van der Waals surface area contributed by atoms with Gasteiger partial charge in [0, 0.05) is 18.2 Å². The Bertz CT molecular complexity index is 747. The quantitative estimate of drug-likeness (QED) is 0.681. The van der Waals surface area contributed by atoms with Crippen molar-refractivity contribution in [3.63, 3.8) is 0 Å². The van der Waals surface area contributed by atoms with E-state index in [1.54, 1.807) is 10.7 Å². The zero-order chi connectivity index (χ0) is 13.9. The van der Waals surface area contributed by atoms with E-state index in [9.17, 15) is 4.79 Å². The summed E-state index contributed by atoms with van der Waals surface area (Å²) in [4.78, 5) is 15.4. The first-order valence-corrected chi connectivity index (χ1v) is 6.61. The molecule has 1 aromatic carbocycles. The lowest BCUT2D eigenvalue weighted by atomic mass is 10.1. The number of fused-ring (bicyclic) bond motifs is 1. The Hall–Kier alpha value is -2.49. The molecule has 0 aliphatic heterocycles. The minimum Gasteiger partial charge on any atom is -0.298 e. The number of benzene rings is 1. The number of aldehydes is 1. The Morgan fingerprint density at radius 1 is 1.20 bits per heavy atom. The summed E-state index contributed by atoms with van der Waals surface area (Å²) in [6.45, 7) is 1.94. The van der Waals surface area contributed by atoms with Gasteiger partial charge in [-0.2, -0.15) is 5.10 Å². The fraction of sp³-hybridized carbons (Fsp3) is 0.188. The second kappa shape index (κ2) is 5.25. The van der Waals surface area contributed by atoms with Crippen molar-refractivity contribution in [2.45, 2.75) is 19.8 Å². The second-order valence-electron chi connectivity index (χ2n) is 4.86. The van der Waals surface area contributed by atoms with Crippen LogP contribution in [-0.4, -0.2) is 20.9 Å². The summed E-state index contributed by atoms with van der Waals surface area (Å²) < 4.78 is 1.69. The predicted octanol–water partition coefficient (Wildman–Crippen LogP) is 2.64. The summed E-state index contributed by atoms with van der Waals surface area (Å²) in [5, 5.41) is 4.44. The molecule has 0 fully saturated rings. The van der Waals surface area contributed by atoms with Crippen LogP contribution in [0.1, 0.15) is 27.3 Å². The molecule has 4 nitrogen and oxygen atoms in total. The topological polar surface area (TPSA) is 47.3 Å². The first-order chi connectivity index (χ1) is 9.76. The summed E-state index contributed by atoms with van der Waals surface area (Å²) in [5.74, 6) is 0.806. The van der Waals surface area contributed by atoms with E-state index in [-0.39, 0.29) is 0 Å². The molecule has 0 N–H and O–H groups in total. The second-order valence-corrected chi connectivity index (χ2v) is 4.86. The van der Waals surface area contributed by atoms with Crippen molar-refractivity contribution in [3.05, 3.63) is 65.1 Å². The summed E-state index contributed by atoms with van der Waals surface area (Å²) in [6, 6.07) is 12.1. The summed E-state index contributed by atoms with van der Waals surface area (Å²) in [7, 11) is 0. The molecule has 2 heterocycles. The van der Waals surface area contributed by atoms with Gasteiger partial charge in [-0.05, 0) is 30.5 Å². The lowest BCUT2D eigenvalue weighted by Gasteiger charge is -1.96. The van der Waals surface area contributed by atoms with Gasteiger partial charge in [0.2, 0.25) is 0 Å². The van der Waals surface area contributed by atoms with Crippen molar-refractivity contribution in [2.75, 3.05) is 0 Å². The third-order valence-electron chi connectivity index (χ3n) is 3.30. The van der Waals surface area contributed by atoms with Gasteiger partial charge < -0.3 is 0 Å². The van der Waals surface area contributed by atoms with E-state index in [0.717, 1.165) is 36.2 Å². The van der Waals surface area contributed by atoms with Crippen molar-refractivity contribution in [1.82, 2.24) is 14.6 Å². The van der Waals surface area contributed by atoms with Gasteiger partial charge in [0.25, 0.3) is 0 Å². The van der Waals surface area contributed by atoms with Crippen LogP contribution in [0.25, 0.3) is 5.65 Å². The Labute approximate surface area is 117 Å². The highest BCUT2D eigenvalue weighted by Crippen LogP contribution is 2.11. The molecule has 0 atom stereocenters. The van der Waals surface area contributed by atoms with Gasteiger partial charge >= 0.3 is 0 Å². The van der Waals surface area contributed by atoms with E-state index < -0.39 is 0 Å². The van der Waals surface area contributed by atoms with Gasteiger partial charge in [-0.1, -0.05) is 30.3 Å². The van der Waals surface area contributed by atoms with Crippen LogP contribution in [-0.2, 0) is 12.8 Å². The molecule has 2 aromatic heterocycles. The molecule has 20 heavy (non-hydrogen) atoms. The predicted molar refractivity (Wildman–Crippen MR) is 77.0 cm³/mol. The van der Waals surface area contributed by atoms with Crippen molar-refractivity contribution in [3.8, 4) is 0 Å². The van der Waals surface area contributed by atoms with Crippen LogP contribution >= 0.6 is 0 Å². The molecule has 3 rings (SSSR count). The number of hydrogen-bond donors (Lipinski definition) is 0. The van der Waals surface area contributed by atoms with Crippen molar-refractivity contribution >= 4 is 11.9 Å². The molecular weight excluding hydrogens is 250 g/mol. The minimum absolute atomic E-state index is 0.620. The largest absolute Gasteiger partial charge is 0.298 e. The van der Waals surface area contributed by atoms with Crippen molar-refractivity contribution in [2.24, 2.45) is 0 Å². The standard InChI is InChI=1S/C16H15N3O/c1-12-9-14(11-20)10-19-16(12)17-15(18-19)8-7-13-5-3-2-4-6-13/h2-6,9-11H,7-8H2,1H3. The van der Waals surface area contributed by atoms with Crippen LogP contribution in [0.15, 0.2) is 42.6 Å². The number of carbonyl (C=O) groups excluding carboxylic acids is 1. The third kappa shape index (κ3) is 2.45. The van der Waals surface area contributed by atoms with E-state index in [1.165, 1.54) is 5.56 Å². The maximum Gasteiger partial charge on any atom is 0.158 e. The van der Waals surface area contributed by atoms with Gasteiger partial charge in [0.1, 0.15) is 0 Å². The van der Waals surface area contributed by atoms with Crippen LogP contribution in [0.5, 0.6) is 0 Å². The SMILES string of the molecule is Cc1cc(C=O)cn2nc(CCc3ccccc3)nc12. The Morgan fingerprint density at radius 2 is 2.00 bits per heavy atom. The Kier molecular flexibility index (Phi) is 3.29. The normalized spacial score (nSPS) is 10.8. The molecule has 0 saturated heterocycles. The zero-order valence-corrected chi connectivity index (χ0v) is 11.3. The van der Waals surface area contributed by atoms with E-state index in [2.05, 4.69) is 22.2 Å². The number of hydrogen-bond acceptors (Lipinski definition) is 3. The molecular formula is C16H15N3O. The highest BCUT2D eigenvalue weighted by Gasteiger charge is 2.07. The van der Waals surface area contributed by atoms with E-state index in [1.807, 2.05) is 31.2 Å². The molecule has 0 bridgehead atoms. The maximum absolute atomic E-state index is 10.9. The Balaban J connectivity index is 1.86. The third-order valence-corrected chi connectivity index (χ3v) is 3.30. The average Bonchev–Trinajstić information content (AvgIpc) is 2.89. The number of aryl methyl sites for hydroxylation is 3. The fourth-order valence-electron chi connectivity index (χ4n) is 2.29. The Morgan fingerprint density at radius 3 is 2.75 bits per heavy atom. The fourth-order valence-corrected chi connectivity index (χ4v) is 2.29. The van der Waals surface area contributed by atoms with Crippen LogP contribution < -0.4 is 0 Å². The summed E-state index contributed by atoms with van der Waals surface area (Å²) in [6.07, 6.45) is 4.25. The number of rotatable bonds is 4. The molecule has 0 aliphatic rings. The zero-order valence-electron chi connectivity index (χ0n) is 11.3. The molecule has 0 amide bonds. The van der Waals surface area contributed by atoms with Gasteiger partial charge in [-0.15, -0.1) is 0 Å². The van der Waals surface area contributed by atoms with Gasteiger partial charge in [0.15, 0.2) is 17.8 Å². The lowest BCUT2D eigenvalue weighted by Crippen LogP contribution is -1.95. The number of nitrogens with zero attached hydrogens (tertiary/aromatic N) is 3. The van der Waals surface area contributed by atoms with Gasteiger partial charge in [0.05, 0.1) is 0 Å². The van der Waals surface area contributed by atoms with Crippen molar-refractivity contribution < 1.29 is 4.79 Å². The lowest BCUT2D eigenvalue weighted by molar-refractivity contribution is 0.112. The van der Waals surface area contributed by atoms with Crippen LogP contribution in [0, 0.1) is 6.92 Å². The first kappa shape index (κ1) is 12.5. The molecule has 4 heteroatoms. The monoisotopic (exact) mass is 265 g/mol. The highest BCUT2D eigenvalue weighted by atomic mass is 16.1. The molecule has 0 saturated carbocycles. The van der Waals surface area contributed by atoms with Gasteiger partial charge in [-0.25, -0.2) is 9.50 Å². The molecule has 0 spiro atoms. The molecule has 0 radical (unpaired) electrons.